The second-order valence-electron chi connectivity index (χ2n) is 3.83. The van der Waals surface area contributed by atoms with Crippen LogP contribution in [0.2, 0.25) is 0 Å². The maximum atomic E-state index is 13.2. The summed E-state index contributed by atoms with van der Waals surface area (Å²) in [6, 6.07) is 3.00. The van der Waals surface area contributed by atoms with Crippen LogP contribution in [-0.4, -0.2) is 13.7 Å². The van der Waals surface area contributed by atoms with Crippen LogP contribution in [0, 0.1) is 11.7 Å². The van der Waals surface area contributed by atoms with E-state index in [0.29, 0.717) is 11.7 Å². The van der Waals surface area contributed by atoms with Crippen molar-refractivity contribution in [3.05, 3.63) is 23.5 Å². The lowest BCUT2D eigenvalue weighted by molar-refractivity contribution is 0.410. The van der Waals surface area contributed by atoms with Crippen molar-refractivity contribution in [2.45, 2.75) is 13.3 Å². The molecule has 1 atom stereocenters. The number of hydrogen-bond acceptors (Lipinski definition) is 2. The van der Waals surface area contributed by atoms with E-state index < -0.39 is 0 Å². The van der Waals surface area contributed by atoms with E-state index in [1.165, 1.54) is 6.07 Å². The van der Waals surface area contributed by atoms with Gasteiger partial charge in [0.2, 0.25) is 0 Å². The van der Waals surface area contributed by atoms with Gasteiger partial charge in [-0.25, -0.2) is 4.39 Å². The number of nitrogens with one attached hydrogen (secondary N) is 1. The lowest BCUT2D eigenvalue weighted by Crippen LogP contribution is -2.21. The molecule has 0 radical (unpaired) electrons. The Morgan fingerprint density at radius 1 is 1.50 bits per heavy atom. The molecule has 3 heteroatoms. The summed E-state index contributed by atoms with van der Waals surface area (Å²) in [6.07, 6.45) is 0.913. The predicted octanol–water partition coefficient (Wildman–Crippen LogP) is 2.44. The smallest absolute Gasteiger partial charge is 0.145 e. The first-order valence-electron chi connectivity index (χ1n) is 4.81. The third-order valence-corrected chi connectivity index (χ3v) is 2.56. The Morgan fingerprint density at radius 3 is 3.00 bits per heavy atom. The molecule has 1 heterocycles. The Hall–Kier alpha value is -1.25. The molecule has 1 aromatic carbocycles. The molecular formula is C11H14FNO. The molecule has 0 saturated carbocycles. The Balaban J connectivity index is 2.46. The minimum absolute atomic E-state index is 0.225. The van der Waals surface area contributed by atoms with Crippen LogP contribution in [0.4, 0.5) is 10.1 Å². The average molecular weight is 195 g/mol. The lowest BCUT2D eigenvalue weighted by atomic mass is 9.95. The van der Waals surface area contributed by atoms with Gasteiger partial charge in [0.25, 0.3) is 0 Å². The van der Waals surface area contributed by atoms with Gasteiger partial charge in [-0.3, -0.25) is 0 Å². The van der Waals surface area contributed by atoms with Crippen molar-refractivity contribution in [1.29, 1.82) is 0 Å². The summed E-state index contributed by atoms with van der Waals surface area (Å²) in [5.74, 6) is 0.928. The Labute approximate surface area is 83.1 Å². The fraction of sp³-hybridized carbons (Fsp3) is 0.455. The maximum Gasteiger partial charge on any atom is 0.145 e. The van der Waals surface area contributed by atoms with E-state index in [0.717, 1.165) is 24.2 Å². The molecule has 1 unspecified atom stereocenters. The Kier molecular flexibility index (Phi) is 2.32. The highest BCUT2D eigenvalue weighted by molar-refractivity contribution is 5.63. The van der Waals surface area contributed by atoms with Gasteiger partial charge in [-0.05, 0) is 24.0 Å². The summed E-state index contributed by atoms with van der Waals surface area (Å²) in [4.78, 5) is 0. The van der Waals surface area contributed by atoms with Crippen LogP contribution in [0.1, 0.15) is 12.5 Å². The zero-order chi connectivity index (χ0) is 10.1. The largest absolute Gasteiger partial charge is 0.494 e. The molecule has 0 aromatic heterocycles. The second-order valence-corrected chi connectivity index (χ2v) is 3.83. The first kappa shape index (κ1) is 9.31. The summed E-state index contributed by atoms with van der Waals surface area (Å²) < 4.78 is 18.3. The highest BCUT2D eigenvalue weighted by Crippen LogP contribution is 2.34. The van der Waals surface area contributed by atoms with E-state index in [1.54, 1.807) is 13.2 Å². The van der Waals surface area contributed by atoms with Crippen molar-refractivity contribution in [2.75, 3.05) is 19.0 Å². The van der Waals surface area contributed by atoms with Crippen LogP contribution >= 0.6 is 0 Å². The number of methoxy groups -OCH3 is 1. The zero-order valence-corrected chi connectivity index (χ0v) is 8.43. The molecule has 1 aliphatic heterocycles. The molecule has 1 aliphatic rings. The van der Waals surface area contributed by atoms with Crippen molar-refractivity contribution in [3.63, 3.8) is 0 Å². The Morgan fingerprint density at radius 2 is 2.29 bits per heavy atom. The fourth-order valence-electron chi connectivity index (χ4n) is 1.88. The SMILES string of the molecule is COc1cc(F)cc2c1NCC(C)C2. The van der Waals surface area contributed by atoms with E-state index in [2.05, 4.69) is 12.2 Å². The highest BCUT2D eigenvalue weighted by atomic mass is 19.1. The van der Waals surface area contributed by atoms with Gasteiger partial charge in [0.1, 0.15) is 11.6 Å². The van der Waals surface area contributed by atoms with Gasteiger partial charge in [0, 0.05) is 12.6 Å². The first-order valence-corrected chi connectivity index (χ1v) is 4.81. The van der Waals surface area contributed by atoms with E-state index in [1.807, 2.05) is 0 Å². The van der Waals surface area contributed by atoms with Crippen LogP contribution in [0.5, 0.6) is 5.75 Å². The van der Waals surface area contributed by atoms with Crippen LogP contribution in [0.15, 0.2) is 12.1 Å². The second kappa shape index (κ2) is 3.48. The molecule has 1 N–H and O–H groups in total. The number of hydrogen-bond donors (Lipinski definition) is 1. The van der Waals surface area contributed by atoms with Gasteiger partial charge in [0.15, 0.2) is 0 Å². The van der Waals surface area contributed by atoms with Crippen molar-refractivity contribution in [2.24, 2.45) is 5.92 Å². The molecule has 14 heavy (non-hydrogen) atoms. The Bertz CT molecular complexity index is 351. The van der Waals surface area contributed by atoms with Crippen molar-refractivity contribution in [3.8, 4) is 5.75 Å². The van der Waals surface area contributed by atoms with E-state index in [4.69, 9.17) is 4.74 Å². The molecular weight excluding hydrogens is 181 g/mol. The summed E-state index contributed by atoms with van der Waals surface area (Å²) in [7, 11) is 1.56. The third kappa shape index (κ3) is 1.54. The van der Waals surface area contributed by atoms with Crippen LogP contribution in [-0.2, 0) is 6.42 Å². The molecule has 0 amide bonds. The van der Waals surface area contributed by atoms with Crippen LogP contribution in [0.25, 0.3) is 0 Å². The molecule has 0 aliphatic carbocycles. The molecule has 0 bridgehead atoms. The first-order chi connectivity index (χ1) is 6.70. The number of benzene rings is 1. The fourth-order valence-corrected chi connectivity index (χ4v) is 1.88. The van der Waals surface area contributed by atoms with Gasteiger partial charge in [-0.15, -0.1) is 0 Å². The van der Waals surface area contributed by atoms with Crippen LogP contribution in [0.3, 0.4) is 0 Å². The molecule has 2 nitrogen and oxygen atoms in total. The third-order valence-electron chi connectivity index (χ3n) is 2.56. The standard InChI is InChI=1S/C11H14FNO/c1-7-3-8-4-9(12)5-10(14-2)11(8)13-6-7/h4-5,7,13H,3,6H2,1-2H3. The highest BCUT2D eigenvalue weighted by Gasteiger charge is 2.18. The quantitative estimate of drug-likeness (QED) is 0.743. The van der Waals surface area contributed by atoms with E-state index in [9.17, 15) is 4.39 Å². The maximum absolute atomic E-state index is 13.2. The predicted molar refractivity (Wildman–Crippen MR) is 54.3 cm³/mol. The van der Waals surface area contributed by atoms with Crippen molar-refractivity contribution in [1.82, 2.24) is 0 Å². The number of rotatable bonds is 1. The summed E-state index contributed by atoms with van der Waals surface area (Å²) in [5, 5.41) is 3.27. The van der Waals surface area contributed by atoms with Gasteiger partial charge >= 0.3 is 0 Å². The summed E-state index contributed by atoms with van der Waals surface area (Å²) in [6.45, 7) is 3.07. The van der Waals surface area contributed by atoms with Crippen LogP contribution < -0.4 is 10.1 Å². The van der Waals surface area contributed by atoms with Gasteiger partial charge in [-0.1, -0.05) is 6.92 Å². The zero-order valence-electron chi connectivity index (χ0n) is 8.43. The molecule has 0 spiro atoms. The van der Waals surface area contributed by atoms with Gasteiger partial charge in [-0.2, -0.15) is 0 Å². The molecule has 2 rings (SSSR count). The average Bonchev–Trinajstić information content (AvgIpc) is 2.15. The van der Waals surface area contributed by atoms with Gasteiger partial charge < -0.3 is 10.1 Å². The number of ether oxygens (including phenoxy) is 1. The number of halogens is 1. The topological polar surface area (TPSA) is 21.3 Å². The van der Waals surface area contributed by atoms with E-state index >= 15 is 0 Å². The summed E-state index contributed by atoms with van der Waals surface area (Å²) in [5.41, 5.74) is 1.97. The minimum Gasteiger partial charge on any atom is -0.494 e. The van der Waals surface area contributed by atoms with Gasteiger partial charge in [0.05, 0.1) is 12.8 Å². The normalized spacial score (nSPS) is 19.8. The van der Waals surface area contributed by atoms with Crippen molar-refractivity contribution >= 4 is 5.69 Å². The number of anilines is 1. The lowest BCUT2D eigenvalue weighted by Gasteiger charge is -2.25. The molecule has 76 valence electrons. The monoisotopic (exact) mass is 195 g/mol. The molecule has 0 saturated heterocycles. The molecule has 0 fully saturated rings. The summed E-state index contributed by atoms with van der Waals surface area (Å²) >= 11 is 0. The van der Waals surface area contributed by atoms with E-state index in [-0.39, 0.29) is 5.82 Å². The minimum atomic E-state index is -0.225. The number of fused-ring (bicyclic) bond motifs is 1. The van der Waals surface area contributed by atoms with Crippen molar-refractivity contribution < 1.29 is 9.13 Å². The molecule has 1 aromatic rings.